The zero-order valence-electron chi connectivity index (χ0n) is 12.1. The van der Waals surface area contributed by atoms with E-state index >= 15 is 0 Å². The molecular formula is C16H16N4O2. The minimum absolute atomic E-state index is 0.0942. The first-order valence-electron chi connectivity index (χ1n) is 7.52. The van der Waals surface area contributed by atoms with Crippen molar-refractivity contribution < 1.29 is 9.59 Å². The van der Waals surface area contributed by atoms with Crippen LogP contribution in [0.4, 0.5) is 0 Å². The Bertz CT molecular complexity index is 755. The lowest BCUT2D eigenvalue weighted by atomic mass is 10.1. The fourth-order valence-electron chi connectivity index (χ4n) is 3.36. The molecule has 1 unspecified atom stereocenters. The van der Waals surface area contributed by atoms with Gasteiger partial charge in [-0.15, -0.1) is 0 Å². The van der Waals surface area contributed by atoms with Crippen LogP contribution in [0.2, 0.25) is 0 Å². The predicted molar refractivity (Wildman–Crippen MR) is 80.2 cm³/mol. The average Bonchev–Trinajstić information content (AvgIpc) is 2.94. The van der Waals surface area contributed by atoms with E-state index in [0.29, 0.717) is 37.3 Å². The normalized spacial score (nSPS) is 21.3. The van der Waals surface area contributed by atoms with E-state index in [1.165, 1.54) is 0 Å². The summed E-state index contributed by atoms with van der Waals surface area (Å²) in [6, 6.07) is 5.79. The summed E-state index contributed by atoms with van der Waals surface area (Å²) in [5.74, 6) is 0.116. The molecule has 0 aliphatic carbocycles. The fraction of sp³-hybridized carbons (Fsp3) is 0.375. The maximum atomic E-state index is 12.8. The quantitative estimate of drug-likeness (QED) is 0.789. The summed E-state index contributed by atoms with van der Waals surface area (Å²) < 4.78 is 0. The summed E-state index contributed by atoms with van der Waals surface area (Å²) in [7, 11) is 0. The maximum absolute atomic E-state index is 12.8. The van der Waals surface area contributed by atoms with Crippen LogP contribution in [-0.4, -0.2) is 57.3 Å². The highest BCUT2D eigenvalue weighted by molar-refractivity contribution is 6.03. The van der Waals surface area contributed by atoms with Gasteiger partial charge in [0.05, 0.1) is 0 Å². The zero-order chi connectivity index (χ0) is 15.1. The summed E-state index contributed by atoms with van der Waals surface area (Å²) in [5.41, 5.74) is 1.04. The van der Waals surface area contributed by atoms with E-state index in [-0.39, 0.29) is 17.9 Å². The first kappa shape index (κ1) is 13.2. The molecule has 1 atom stereocenters. The van der Waals surface area contributed by atoms with Crippen molar-refractivity contribution in [3.05, 3.63) is 36.3 Å². The summed E-state index contributed by atoms with van der Waals surface area (Å²) in [6.45, 7) is 1.77. The van der Waals surface area contributed by atoms with Gasteiger partial charge in [0.15, 0.2) is 5.69 Å². The Labute approximate surface area is 127 Å². The molecule has 0 saturated carbocycles. The molecule has 0 aromatic carbocycles. The smallest absolute Gasteiger partial charge is 0.274 e. The van der Waals surface area contributed by atoms with Crippen LogP contribution < -0.4 is 0 Å². The van der Waals surface area contributed by atoms with E-state index in [1.54, 1.807) is 17.3 Å². The molecular weight excluding hydrogens is 280 g/mol. The highest BCUT2D eigenvalue weighted by Gasteiger charge is 2.37. The molecule has 2 aliphatic rings. The van der Waals surface area contributed by atoms with Crippen molar-refractivity contribution >= 4 is 22.7 Å². The predicted octanol–water partition coefficient (Wildman–Crippen LogP) is 1.08. The fourth-order valence-corrected chi connectivity index (χ4v) is 3.36. The first-order valence-corrected chi connectivity index (χ1v) is 7.52. The second kappa shape index (κ2) is 5.05. The molecule has 2 amide bonds. The number of pyridine rings is 2. The third-order valence-electron chi connectivity index (χ3n) is 4.51. The van der Waals surface area contributed by atoms with Gasteiger partial charge in [-0.2, -0.15) is 0 Å². The van der Waals surface area contributed by atoms with E-state index in [2.05, 4.69) is 9.97 Å². The van der Waals surface area contributed by atoms with Crippen LogP contribution in [0.1, 0.15) is 23.3 Å². The van der Waals surface area contributed by atoms with Crippen LogP contribution in [0.25, 0.3) is 10.9 Å². The number of hydrogen-bond donors (Lipinski definition) is 0. The number of rotatable bonds is 1. The standard InChI is InChI=1S/C16H16N4O2/c21-13-4-3-12-10-19(8-9-20(12)13)16(22)15-14-11(5-7-18-15)2-1-6-17-14/h1-2,5-7,12H,3-4,8-10H2. The summed E-state index contributed by atoms with van der Waals surface area (Å²) in [5, 5.41) is 0.913. The first-order chi connectivity index (χ1) is 10.7. The van der Waals surface area contributed by atoms with Gasteiger partial charge in [-0.05, 0) is 18.6 Å². The Kier molecular flexibility index (Phi) is 3.03. The Balaban J connectivity index is 1.63. The largest absolute Gasteiger partial charge is 0.336 e. The monoisotopic (exact) mass is 296 g/mol. The van der Waals surface area contributed by atoms with Gasteiger partial charge in [-0.25, -0.2) is 4.98 Å². The van der Waals surface area contributed by atoms with Gasteiger partial charge in [0.1, 0.15) is 5.52 Å². The van der Waals surface area contributed by atoms with Gasteiger partial charge in [0.2, 0.25) is 5.91 Å². The molecule has 2 aromatic rings. The topological polar surface area (TPSA) is 66.4 Å². The van der Waals surface area contributed by atoms with E-state index in [9.17, 15) is 9.59 Å². The van der Waals surface area contributed by atoms with Gasteiger partial charge < -0.3 is 9.80 Å². The molecule has 0 N–H and O–H groups in total. The van der Waals surface area contributed by atoms with E-state index in [4.69, 9.17) is 0 Å². The van der Waals surface area contributed by atoms with Crippen molar-refractivity contribution in [2.75, 3.05) is 19.6 Å². The van der Waals surface area contributed by atoms with Crippen LogP contribution in [-0.2, 0) is 4.79 Å². The SMILES string of the molecule is O=C(c1nccc2cccnc12)N1CCN2C(=O)CCC2C1. The van der Waals surface area contributed by atoms with Crippen LogP contribution in [0, 0.1) is 0 Å². The minimum atomic E-state index is -0.0942. The van der Waals surface area contributed by atoms with Crippen LogP contribution >= 0.6 is 0 Å². The minimum Gasteiger partial charge on any atom is -0.336 e. The lowest BCUT2D eigenvalue weighted by Gasteiger charge is -2.37. The van der Waals surface area contributed by atoms with Gasteiger partial charge in [-0.3, -0.25) is 14.6 Å². The number of hydrogen-bond acceptors (Lipinski definition) is 4. The number of piperazine rings is 1. The Hall–Kier alpha value is -2.50. The highest BCUT2D eigenvalue weighted by Crippen LogP contribution is 2.24. The van der Waals surface area contributed by atoms with Crippen LogP contribution in [0.15, 0.2) is 30.6 Å². The Morgan fingerprint density at radius 1 is 1.18 bits per heavy atom. The molecule has 0 bridgehead atoms. The maximum Gasteiger partial charge on any atom is 0.274 e. The van der Waals surface area contributed by atoms with Crippen molar-refractivity contribution in [3.8, 4) is 0 Å². The second-order valence-corrected chi connectivity index (χ2v) is 5.77. The third-order valence-corrected chi connectivity index (χ3v) is 4.51. The highest BCUT2D eigenvalue weighted by atomic mass is 16.2. The molecule has 6 heteroatoms. The van der Waals surface area contributed by atoms with E-state index in [0.717, 1.165) is 11.8 Å². The molecule has 0 radical (unpaired) electrons. The summed E-state index contributed by atoms with van der Waals surface area (Å²) >= 11 is 0. The molecule has 2 aliphatic heterocycles. The van der Waals surface area contributed by atoms with Crippen molar-refractivity contribution in [2.45, 2.75) is 18.9 Å². The Morgan fingerprint density at radius 3 is 3.00 bits per heavy atom. The molecule has 2 fully saturated rings. The zero-order valence-corrected chi connectivity index (χ0v) is 12.1. The number of nitrogens with zero attached hydrogens (tertiary/aromatic N) is 4. The molecule has 6 nitrogen and oxygen atoms in total. The average molecular weight is 296 g/mol. The van der Waals surface area contributed by atoms with Gasteiger partial charge >= 0.3 is 0 Å². The van der Waals surface area contributed by atoms with Crippen molar-refractivity contribution in [2.24, 2.45) is 0 Å². The van der Waals surface area contributed by atoms with Gasteiger partial charge in [0, 0.05) is 49.9 Å². The third kappa shape index (κ3) is 2.03. The van der Waals surface area contributed by atoms with Crippen molar-refractivity contribution in [3.63, 3.8) is 0 Å². The van der Waals surface area contributed by atoms with E-state index in [1.807, 2.05) is 23.1 Å². The summed E-state index contributed by atoms with van der Waals surface area (Å²) in [4.78, 5) is 36.8. The molecule has 2 aromatic heterocycles. The second-order valence-electron chi connectivity index (χ2n) is 5.77. The number of amides is 2. The van der Waals surface area contributed by atoms with Gasteiger partial charge in [0.25, 0.3) is 5.91 Å². The molecule has 22 heavy (non-hydrogen) atoms. The number of aromatic nitrogens is 2. The molecule has 0 spiro atoms. The molecule has 4 rings (SSSR count). The van der Waals surface area contributed by atoms with Crippen molar-refractivity contribution in [1.82, 2.24) is 19.8 Å². The number of carbonyl (C=O) groups is 2. The number of carbonyl (C=O) groups excluding carboxylic acids is 2. The number of fused-ring (bicyclic) bond motifs is 2. The summed E-state index contributed by atoms with van der Waals surface area (Å²) in [6.07, 6.45) is 4.76. The molecule has 4 heterocycles. The Morgan fingerprint density at radius 2 is 2.09 bits per heavy atom. The molecule has 2 saturated heterocycles. The lowest BCUT2D eigenvalue weighted by Crippen LogP contribution is -2.53. The van der Waals surface area contributed by atoms with E-state index < -0.39 is 0 Å². The van der Waals surface area contributed by atoms with Crippen molar-refractivity contribution in [1.29, 1.82) is 0 Å². The lowest BCUT2D eigenvalue weighted by molar-refractivity contribution is -0.130. The van der Waals surface area contributed by atoms with Crippen LogP contribution in [0.5, 0.6) is 0 Å². The van der Waals surface area contributed by atoms with Gasteiger partial charge in [-0.1, -0.05) is 6.07 Å². The molecule has 112 valence electrons. The van der Waals surface area contributed by atoms with Crippen LogP contribution in [0.3, 0.4) is 0 Å².